The second kappa shape index (κ2) is 5.29. The number of carbonyl (C=O) groups is 1. The minimum Gasteiger partial charge on any atom is -0.494 e. The van der Waals surface area contributed by atoms with Crippen LogP contribution >= 0.6 is 0 Å². The molecule has 0 radical (unpaired) electrons. The number of hydrogen-bond acceptors (Lipinski definition) is 5. The monoisotopic (exact) mass is 224 g/mol. The van der Waals surface area contributed by atoms with E-state index in [2.05, 4.69) is 15.3 Å². The number of likely N-dealkylation sites (N-methyl/N-ethyl adjacent to an activating group) is 1. The first-order valence-electron chi connectivity index (χ1n) is 4.88. The molecule has 1 rings (SSSR count). The highest BCUT2D eigenvalue weighted by Gasteiger charge is 2.15. The van der Waals surface area contributed by atoms with Crippen LogP contribution in [0.4, 0.5) is 5.95 Å². The molecular weight excluding hydrogens is 208 g/mol. The molecule has 1 amide bonds. The van der Waals surface area contributed by atoms with Gasteiger partial charge < -0.3 is 15.0 Å². The van der Waals surface area contributed by atoms with E-state index in [1.807, 2.05) is 0 Å². The summed E-state index contributed by atoms with van der Waals surface area (Å²) in [6, 6.07) is -0.358. The third-order valence-corrected chi connectivity index (χ3v) is 2.02. The number of anilines is 1. The van der Waals surface area contributed by atoms with Crippen LogP contribution in [-0.4, -0.2) is 48.0 Å². The predicted octanol–water partition coefficient (Wildman–Crippen LogP) is 0.374. The third kappa shape index (κ3) is 3.08. The summed E-state index contributed by atoms with van der Waals surface area (Å²) in [6.07, 6.45) is 3.09. The molecule has 1 aromatic heterocycles. The van der Waals surface area contributed by atoms with Gasteiger partial charge in [-0.25, -0.2) is 9.97 Å². The molecule has 0 saturated carbocycles. The van der Waals surface area contributed by atoms with Gasteiger partial charge in [0.05, 0.1) is 19.5 Å². The van der Waals surface area contributed by atoms with Gasteiger partial charge in [0.2, 0.25) is 11.9 Å². The maximum atomic E-state index is 11.6. The fourth-order valence-corrected chi connectivity index (χ4v) is 1.14. The molecule has 0 fully saturated rings. The number of nitrogens with zero attached hydrogens (tertiary/aromatic N) is 3. The van der Waals surface area contributed by atoms with Crippen molar-refractivity contribution in [1.82, 2.24) is 14.9 Å². The lowest BCUT2D eigenvalue weighted by atomic mass is 10.3. The molecule has 0 aliphatic heterocycles. The minimum atomic E-state index is -0.358. The minimum absolute atomic E-state index is 0.0283. The summed E-state index contributed by atoms with van der Waals surface area (Å²) in [5.74, 6) is 0.958. The Balaban J connectivity index is 2.62. The Bertz CT molecular complexity index is 350. The second-order valence-electron chi connectivity index (χ2n) is 3.55. The van der Waals surface area contributed by atoms with E-state index in [1.54, 1.807) is 40.5 Å². The van der Waals surface area contributed by atoms with Gasteiger partial charge in [0.25, 0.3) is 0 Å². The molecule has 0 spiro atoms. The normalized spacial score (nSPS) is 11.8. The van der Waals surface area contributed by atoms with Crippen LogP contribution in [0.25, 0.3) is 0 Å². The lowest BCUT2D eigenvalue weighted by Crippen LogP contribution is -2.37. The van der Waals surface area contributed by atoms with Crippen LogP contribution in [0.15, 0.2) is 12.4 Å². The van der Waals surface area contributed by atoms with Crippen molar-refractivity contribution in [3.63, 3.8) is 0 Å². The summed E-state index contributed by atoms with van der Waals surface area (Å²) in [6.45, 7) is 1.76. The number of ether oxygens (including phenoxy) is 1. The van der Waals surface area contributed by atoms with Crippen molar-refractivity contribution in [2.24, 2.45) is 0 Å². The molecule has 1 heterocycles. The Morgan fingerprint density at radius 2 is 2.00 bits per heavy atom. The molecule has 1 atom stereocenters. The zero-order chi connectivity index (χ0) is 12.1. The molecule has 0 aromatic carbocycles. The molecule has 1 aromatic rings. The molecular formula is C10H16N4O2. The number of methoxy groups -OCH3 is 1. The largest absolute Gasteiger partial charge is 0.494 e. The van der Waals surface area contributed by atoms with E-state index in [-0.39, 0.29) is 11.9 Å². The average Bonchev–Trinajstić information content (AvgIpc) is 2.28. The van der Waals surface area contributed by atoms with Crippen LogP contribution in [0.5, 0.6) is 5.75 Å². The van der Waals surface area contributed by atoms with Crippen LogP contribution in [0, 0.1) is 0 Å². The van der Waals surface area contributed by atoms with Crippen molar-refractivity contribution in [3.05, 3.63) is 12.4 Å². The Labute approximate surface area is 94.6 Å². The van der Waals surface area contributed by atoms with Crippen molar-refractivity contribution >= 4 is 11.9 Å². The Kier molecular flexibility index (Phi) is 4.04. The number of carbonyl (C=O) groups excluding carboxylic acids is 1. The van der Waals surface area contributed by atoms with Crippen molar-refractivity contribution in [1.29, 1.82) is 0 Å². The number of rotatable bonds is 4. The molecule has 6 heteroatoms. The maximum absolute atomic E-state index is 11.6. The van der Waals surface area contributed by atoms with Crippen molar-refractivity contribution in [2.45, 2.75) is 13.0 Å². The average molecular weight is 224 g/mol. The lowest BCUT2D eigenvalue weighted by Gasteiger charge is -2.17. The Morgan fingerprint density at radius 3 is 2.44 bits per heavy atom. The topological polar surface area (TPSA) is 67.3 Å². The van der Waals surface area contributed by atoms with Crippen LogP contribution in [0.2, 0.25) is 0 Å². The van der Waals surface area contributed by atoms with Crippen molar-refractivity contribution < 1.29 is 9.53 Å². The van der Waals surface area contributed by atoms with Gasteiger partial charge in [-0.1, -0.05) is 0 Å². The van der Waals surface area contributed by atoms with Gasteiger partial charge in [-0.05, 0) is 6.92 Å². The number of aromatic nitrogens is 2. The Morgan fingerprint density at radius 1 is 1.44 bits per heavy atom. The van der Waals surface area contributed by atoms with E-state index < -0.39 is 0 Å². The van der Waals surface area contributed by atoms with Gasteiger partial charge >= 0.3 is 0 Å². The van der Waals surface area contributed by atoms with Gasteiger partial charge in [-0.3, -0.25) is 4.79 Å². The van der Waals surface area contributed by atoms with E-state index in [0.717, 1.165) is 0 Å². The molecule has 0 aliphatic rings. The smallest absolute Gasteiger partial charge is 0.244 e. The van der Waals surface area contributed by atoms with Crippen molar-refractivity contribution in [2.75, 3.05) is 26.5 Å². The zero-order valence-corrected chi connectivity index (χ0v) is 9.89. The lowest BCUT2D eigenvalue weighted by molar-refractivity contribution is -0.129. The highest BCUT2D eigenvalue weighted by atomic mass is 16.5. The van der Waals surface area contributed by atoms with Crippen LogP contribution in [0.3, 0.4) is 0 Å². The number of nitrogens with one attached hydrogen (secondary N) is 1. The fraction of sp³-hybridized carbons (Fsp3) is 0.500. The zero-order valence-electron chi connectivity index (χ0n) is 9.89. The number of amides is 1. The summed E-state index contributed by atoms with van der Waals surface area (Å²) in [4.78, 5) is 21.1. The first-order valence-corrected chi connectivity index (χ1v) is 4.88. The molecule has 1 unspecified atom stereocenters. The van der Waals surface area contributed by atoms with Gasteiger partial charge in [-0.15, -0.1) is 0 Å². The number of hydrogen-bond donors (Lipinski definition) is 1. The Hall–Kier alpha value is -1.85. The quantitative estimate of drug-likeness (QED) is 0.800. The van der Waals surface area contributed by atoms with Gasteiger partial charge in [0.15, 0.2) is 5.75 Å². The summed E-state index contributed by atoms with van der Waals surface area (Å²) in [5, 5.41) is 2.91. The van der Waals surface area contributed by atoms with Gasteiger partial charge in [0.1, 0.15) is 6.04 Å². The standard InChI is InChI=1S/C10H16N4O2/c1-7(9(15)14(2)3)13-10-11-5-8(16-4)6-12-10/h5-7H,1-4H3,(H,11,12,13). The fourth-order valence-electron chi connectivity index (χ4n) is 1.14. The molecule has 88 valence electrons. The van der Waals surface area contributed by atoms with E-state index in [4.69, 9.17) is 4.74 Å². The first-order chi connectivity index (χ1) is 7.54. The van der Waals surface area contributed by atoms with E-state index in [9.17, 15) is 4.79 Å². The molecule has 0 aliphatic carbocycles. The van der Waals surface area contributed by atoms with E-state index in [1.165, 1.54) is 4.90 Å². The molecule has 6 nitrogen and oxygen atoms in total. The third-order valence-electron chi connectivity index (χ3n) is 2.02. The molecule has 16 heavy (non-hydrogen) atoms. The van der Waals surface area contributed by atoms with Crippen LogP contribution in [-0.2, 0) is 4.79 Å². The van der Waals surface area contributed by atoms with E-state index >= 15 is 0 Å². The first kappa shape index (κ1) is 12.2. The maximum Gasteiger partial charge on any atom is 0.244 e. The summed E-state index contributed by atoms with van der Waals surface area (Å²) in [5.41, 5.74) is 0. The molecule has 0 saturated heterocycles. The second-order valence-corrected chi connectivity index (χ2v) is 3.55. The van der Waals surface area contributed by atoms with Crippen LogP contribution < -0.4 is 10.1 Å². The highest BCUT2D eigenvalue weighted by molar-refractivity contribution is 5.83. The summed E-state index contributed by atoms with van der Waals surface area (Å²) >= 11 is 0. The summed E-state index contributed by atoms with van der Waals surface area (Å²) < 4.78 is 4.93. The molecule has 0 bridgehead atoms. The van der Waals surface area contributed by atoms with Gasteiger partial charge in [-0.2, -0.15) is 0 Å². The highest BCUT2D eigenvalue weighted by Crippen LogP contribution is 2.08. The predicted molar refractivity (Wildman–Crippen MR) is 60.4 cm³/mol. The van der Waals surface area contributed by atoms with Gasteiger partial charge in [0, 0.05) is 14.1 Å². The van der Waals surface area contributed by atoms with Crippen LogP contribution in [0.1, 0.15) is 6.92 Å². The summed E-state index contributed by atoms with van der Waals surface area (Å²) in [7, 11) is 4.95. The van der Waals surface area contributed by atoms with E-state index in [0.29, 0.717) is 11.7 Å². The van der Waals surface area contributed by atoms with Crippen molar-refractivity contribution in [3.8, 4) is 5.75 Å². The molecule has 1 N–H and O–H groups in total. The SMILES string of the molecule is COc1cnc(NC(C)C(=O)N(C)C)nc1.